The number of carbonyl (C=O) groups is 1. The molecule has 1 saturated carbocycles. The molecular weight excluding hydrogens is 308 g/mol. The van der Waals surface area contributed by atoms with Gasteiger partial charge < -0.3 is 9.84 Å². The molecule has 1 fully saturated rings. The van der Waals surface area contributed by atoms with Gasteiger partial charge in [0.05, 0.1) is 6.10 Å². The zero-order valence-corrected chi connectivity index (χ0v) is 11.8. The van der Waals surface area contributed by atoms with Crippen molar-refractivity contribution in [2.45, 2.75) is 29.9 Å². The largest absolute Gasteiger partial charge is 0.477 e. The molecule has 0 radical (unpaired) electrons. The van der Waals surface area contributed by atoms with E-state index in [-0.39, 0.29) is 6.10 Å². The van der Waals surface area contributed by atoms with Crippen molar-refractivity contribution in [3.8, 4) is 0 Å². The van der Waals surface area contributed by atoms with Crippen molar-refractivity contribution in [3.63, 3.8) is 0 Å². The molecule has 116 valence electrons. The van der Waals surface area contributed by atoms with Crippen LogP contribution in [-0.2, 0) is 14.8 Å². The standard InChI is InChI=1S/C12H13F2NO5S/c1-20-7-4-6(5-7)15-21(18,19)9-3-2-8(13)10(11(9)14)12(16)17/h2-3,6-7,15H,4-5H2,1H3,(H,16,17). The molecule has 0 atom stereocenters. The molecule has 0 spiro atoms. The first kappa shape index (κ1) is 15.8. The topological polar surface area (TPSA) is 92.7 Å². The highest BCUT2D eigenvalue weighted by Crippen LogP contribution is 2.26. The van der Waals surface area contributed by atoms with E-state index in [0.29, 0.717) is 25.0 Å². The molecule has 1 aromatic rings. The molecule has 0 aliphatic heterocycles. The van der Waals surface area contributed by atoms with Crippen LogP contribution in [0.3, 0.4) is 0 Å². The molecule has 2 N–H and O–H groups in total. The van der Waals surface area contributed by atoms with Crippen molar-refractivity contribution >= 4 is 16.0 Å². The lowest BCUT2D eigenvalue weighted by Crippen LogP contribution is -2.47. The van der Waals surface area contributed by atoms with Gasteiger partial charge in [0.1, 0.15) is 16.3 Å². The normalized spacial score (nSPS) is 21.9. The van der Waals surface area contributed by atoms with Crippen molar-refractivity contribution in [3.05, 3.63) is 29.3 Å². The molecule has 1 aromatic carbocycles. The van der Waals surface area contributed by atoms with Crippen LogP contribution in [0.1, 0.15) is 23.2 Å². The summed E-state index contributed by atoms with van der Waals surface area (Å²) in [7, 11) is -2.77. The van der Waals surface area contributed by atoms with Crippen LogP contribution in [0.2, 0.25) is 0 Å². The molecule has 1 aliphatic carbocycles. The smallest absolute Gasteiger partial charge is 0.341 e. The maximum atomic E-state index is 13.9. The molecular formula is C12H13F2NO5S. The minimum absolute atomic E-state index is 0.0645. The Balaban J connectivity index is 2.29. The monoisotopic (exact) mass is 321 g/mol. The third-order valence-corrected chi connectivity index (χ3v) is 4.85. The third-order valence-electron chi connectivity index (χ3n) is 3.31. The molecule has 0 amide bonds. The Kier molecular flexibility index (Phi) is 4.26. The maximum Gasteiger partial charge on any atom is 0.341 e. The summed E-state index contributed by atoms with van der Waals surface area (Å²) in [6.07, 6.45) is 0.805. The van der Waals surface area contributed by atoms with Crippen molar-refractivity contribution in [1.82, 2.24) is 4.72 Å². The third kappa shape index (κ3) is 3.04. The number of hydrogen-bond acceptors (Lipinski definition) is 4. The number of ether oxygens (including phenoxy) is 1. The van der Waals surface area contributed by atoms with Gasteiger partial charge in [-0.15, -0.1) is 0 Å². The second kappa shape index (κ2) is 5.66. The first-order chi connectivity index (χ1) is 9.76. The van der Waals surface area contributed by atoms with Gasteiger partial charge in [0.2, 0.25) is 10.0 Å². The molecule has 21 heavy (non-hydrogen) atoms. The lowest BCUT2D eigenvalue weighted by molar-refractivity contribution is 0.0236. The molecule has 0 saturated heterocycles. The quantitative estimate of drug-likeness (QED) is 0.848. The molecule has 0 aromatic heterocycles. The highest BCUT2D eigenvalue weighted by molar-refractivity contribution is 7.89. The number of carboxylic acid groups (broad SMARTS) is 1. The van der Waals surface area contributed by atoms with Crippen LogP contribution in [0.5, 0.6) is 0 Å². The van der Waals surface area contributed by atoms with Crippen LogP contribution in [0.25, 0.3) is 0 Å². The average Bonchev–Trinajstić information content (AvgIpc) is 2.32. The van der Waals surface area contributed by atoms with E-state index < -0.39 is 44.1 Å². The summed E-state index contributed by atoms with van der Waals surface area (Å²) < 4.78 is 58.5. The first-order valence-electron chi connectivity index (χ1n) is 6.02. The minimum atomic E-state index is -4.27. The Bertz CT molecular complexity index is 670. The number of carboxylic acids is 1. The van der Waals surface area contributed by atoms with Gasteiger partial charge in [0.15, 0.2) is 5.82 Å². The Morgan fingerprint density at radius 1 is 1.38 bits per heavy atom. The zero-order chi connectivity index (χ0) is 15.8. The number of methoxy groups -OCH3 is 1. The number of aromatic carboxylic acids is 1. The van der Waals surface area contributed by atoms with Crippen LogP contribution in [0.4, 0.5) is 8.78 Å². The van der Waals surface area contributed by atoms with Gasteiger partial charge in [-0.2, -0.15) is 0 Å². The molecule has 1 aliphatic rings. The number of hydrogen-bond donors (Lipinski definition) is 2. The fourth-order valence-electron chi connectivity index (χ4n) is 2.07. The zero-order valence-electron chi connectivity index (χ0n) is 11.0. The molecule has 0 bridgehead atoms. The van der Waals surface area contributed by atoms with Gasteiger partial charge in [0.25, 0.3) is 0 Å². The van der Waals surface area contributed by atoms with Crippen LogP contribution < -0.4 is 4.72 Å². The first-order valence-corrected chi connectivity index (χ1v) is 7.51. The number of rotatable bonds is 5. The van der Waals surface area contributed by atoms with E-state index in [1.54, 1.807) is 0 Å². The summed E-state index contributed by atoms with van der Waals surface area (Å²) >= 11 is 0. The van der Waals surface area contributed by atoms with Crippen LogP contribution in [-0.4, -0.2) is 38.7 Å². The number of halogens is 2. The van der Waals surface area contributed by atoms with E-state index in [2.05, 4.69) is 4.72 Å². The van der Waals surface area contributed by atoms with Crippen molar-refractivity contribution in [2.24, 2.45) is 0 Å². The summed E-state index contributed by atoms with van der Waals surface area (Å²) in [6.45, 7) is 0. The van der Waals surface area contributed by atoms with Gasteiger partial charge in [-0.1, -0.05) is 0 Å². The predicted octanol–water partition coefficient (Wildman–Crippen LogP) is 1.12. The van der Waals surface area contributed by atoms with Gasteiger partial charge in [-0.25, -0.2) is 26.7 Å². The molecule has 0 unspecified atom stereocenters. The maximum absolute atomic E-state index is 13.9. The Morgan fingerprint density at radius 2 is 2.00 bits per heavy atom. The van der Waals surface area contributed by atoms with Gasteiger partial charge >= 0.3 is 5.97 Å². The summed E-state index contributed by atoms with van der Waals surface area (Å²) in [5, 5.41) is 8.73. The van der Waals surface area contributed by atoms with E-state index in [4.69, 9.17) is 9.84 Å². The van der Waals surface area contributed by atoms with Crippen molar-refractivity contribution in [1.29, 1.82) is 0 Å². The Labute approximate surface area is 119 Å². The predicted molar refractivity (Wildman–Crippen MR) is 67.5 cm³/mol. The number of benzene rings is 1. The van der Waals surface area contributed by atoms with Crippen molar-refractivity contribution < 1.29 is 31.8 Å². The number of nitrogens with one attached hydrogen (secondary N) is 1. The van der Waals surface area contributed by atoms with Crippen LogP contribution in [0.15, 0.2) is 17.0 Å². The fraction of sp³-hybridized carbons (Fsp3) is 0.417. The van der Waals surface area contributed by atoms with Gasteiger partial charge in [-0.3, -0.25) is 0 Å². The Morgan fingerprint density at radius 3 is 2.52 bits per heavy atom. The van der Waals surface area contributed by atoms with Gasteiger partial charge in [-0.05, 0) is 25.0 Å². The van der Waals surface area contributed by atoms with E-state index in [1.165, 1.54) is 7.11 Å². The van der Waals surface area contributed by atoms with E-state index in [0.717, 1.165) is 0 Å². The molecule has 9 heteroatoms. The summed E-state index contributed by atoms with van der Waals surface area (Å²) in [6, 6.07) is 0.892. The molecule has 2 rings (SSSR count). The van der Waals surface area contributed by atoms with E-state index >= 15 is 0 Å². The highest BCUT2D eigenvalue weighted by Gasteiger charge is 2.34. The minimum Gasteiger partial charge on any atom is -0.477 e. The second-order valence-corrected chi connectivity index (χ2v) is 6.37. The highest BCUT2D eigenvalue weighted by atomic mass is 32.2. The summed E-state index contributed by atoms with van der Waals surface area (Å²) in [4.78, 5) is 9.89. The van der Waals surface area contributed by atoms with Crippen molar-refractivity contribution in [2.75, 3.05) is 7.11 Å². The average molecular weight is 321 g/mol. The lowest BCUT2D eigenvalue weighted by Gasteiger charge is -2.34. The second-order valence-electron chi connectivity index (χ2n) is 4.69. The van der Waals surface area contributed by atoms with Crippen LogP contribution >= 0.6 is 0 Å². The SMILES string of the molecule is COC1CC(NS(=O)(=O)c2ccc(F)c(C(=O)O)c2F)C1. The summed E-state index contributed by atoms with van der Waals surface area (Å²) in [5.41, 5.74) is -1.29. The number of sulfonamides is 1. The summed E-state index contributed by atoms with van der Waals surface area (Å²) in [5.74, 6) is -4.82. The lowest BCUT2D eigenvalue weighted by atomic mass is 9.90. The van der Waals surface area contributed by atoms with E-state index in [9.17, 15) is 22.0 Å². The molecule has 6 nitrogen and oxygen atoms in total. The van der Waals surface area contributed by atoms with Crippen LogP contribution in [0, 0.1) is 11.6 Å². The van der Waals surface area contributed by atoms with E-state index in [1.807, 2.05) is 0 Å². The fourth-order valence-corrected chi connectivity index (χ4v) is 3.42. The Hall–Kier alpha value is -1.58. The molecule has 0 heterocycles. The van der Waals surface area contributed by atoms with Gasteiger partial charge in [0, 0.05) is 13.2 Å².